The van der Waals surface area contributed by atoms with Crippen molar-refractivity contribution in [3.63, 3.8) is 0 Å². The van der Waals surface area contributed by atoms with Gasteiger partial charge in [0.15, 0.2) is 0 Å². The predicted octanol–water partition coefficient (Wildman–Crippen LogP) is 2.23. The molecule has 1 amide bonds. The molecular formula is C15H30N2O2. The van der Waals surface area contributed by atoms with E-state index in [1.807, 2.05) is 0 Å². The fraction of sp³-hybridized carbons (Fsp3) is 0.933. The third-order valence-electron chi connectivity index (χ3n) is 4.19. The van der Waals surface area contributed by atoms with Gasteiger partial charge in [-0.25, -0.2) is 0 Å². The number of hydrogen-bond donors (Lipinski definition) is 2. The summed E-state index contributed by atoms with van der Waals surface area (Å²) in [5, 5.41) is 6.32. The second-order valence-electron chi connectivity index (χ2n) is 5.51. The molecule has 0 aliphatic carbocycles. The van der Waals surface area contributed by atoms with E-state index in [0.29, 0.717) is 12.6 Å². The minimum absolute atomic E-state index is 0.0224. The second kappa shape index (κ2) is 8.54. The third-order valence-corrected chi connectivity index (χ3v) is 4.19. The van der Waals surface area contributed by atoms with Crippen molar-refractivity contribution < 1.29 is 9.53 Å². The molecular weight excluding hydrogens is 240 g/mol. The van der Waals surface area contributed by atoms with Crippen LogP contribution in [0.5, 0.6) is 0 Å². The smallest absolute Gasteiger partial charge is 0.233 e. The first-order valence-corrected chi connectivity index (χ1v) is 7.79. The Morgan fingerprint density at radius 1 is 1.32 bits per heavy atom. The van der Waals surface area contributed by atoms with E-state index < -0.39 is 0 Å². The molecule has 1 unspecified atom stereocenters. The van der Waals surface area contributed by atoms with Crippen molar-refractivity contribution in [1.29, 1.82) is 0 Å². The number of rotatable bonds is 8. The van der Waals surface area contributed by atoms with Crippen molar-refractivity contribution in [2.45, 2.75) is 70.9 Å². The van der Waals surface area contributed by atoms with Crippen LogP contribution in [0.25, 0.3) is 0 Å². The number of hydrogen-bond acceptors (Lipinski definition) is 3. The summed E-state index contributed by atoms with van der Waals surface area (Å²) in [6, 6.07) is 0.408. The zero-order valence-corrected chi connectivity index (χ0v) is 12.8. The molecule has 0 radical (unpaired) electrons. The first-order valence-electron chi connectivity index (χ1n) is 7.79. The van der Waals surface area contributed by atoms with Gasteiger partial charge in [0.05, 0.1) is 12.1 Å². The fourth-order valence-electron chi connectivity index (χ4n) is 2.65. The van der Waals surface area contributed by atoms with Gasteiger partial charge in [-0.05, 0) is 32.1 Å². The van der Waals surface area contributed by atoms with Gasteiger partial charge in [-0.1, -0.05) is 27.2 Å². The van der Waals surface area contributed by atoms with Gasteiger partial charge >= 0.3 is 0 Å². The molecule has 1 heterocycles. The molecule has 4 heteroatoms. The SMILES string of the molecule is CCCCNC(=O)CNC1CCOC(CC)(CC)C1. The Hall–Kier alpha value is -0.610. The monoisotopic (exact) mass is 270 g/mol. The van der Waals surface area contributed by atoms with Gasteiger partial charge in [-0.15, -0.1) is 0 Å². The van der Waals surface area contributed by atoms with Crippen LogP contribution in [0, 0.1) is 0 Å². The lowest BCUT2D eigenvalue weighted by Crippen LogP contribution is -2.48. The van der Waals surface area contributed by atoms with Crippen molar-refractivity contribution in [2.24, 2.45) is 0 Å². The van der Waals surface area contributed by atoms with E-state index in [0.717, 1.165) is 51.7 Å². The van der Waals surface area contributed by atoms with E-state index in [4.69, 9.17) is 4.74 Å². The molecule has 2 N–H and O–H groups in total. The van der Waals surface area contributed by atoms with Gasteiger partial charge in [-0.3, -0.25) is 4.79 Å². The van der Waals surface area contributed by atoms with Crippen molar-refractivity contribution in [1.82, 2.24) is 10.6 Å². The highest BCUT2D eigenvalue weighted by Crippen LogP contribution is 2.31. The lowest BCUT2D eigenvalue weighted by Gasteiger charge is -2.40. The van der Waals surface area contributed by atoms with Crippen LogP contribution in [0.2, 0.25) is 0 Å². The molecule has 19 heavy (non-hydrogen) atoms. The summed E-state index contributed by atoms with van der Waals surface area (Å²) in [6.07, 6.45) is 6.28. The normalized spacial score (nSPS) is 22.2. The molecule has 0 aromatic carbocycles. The Morgan fingerprint density at radius 2 is 2.05 bits per heavy atom. The zero-order chi connectivity index (χ0) is 14.1. The largest absolute Gasteiger partial charge is 0.375 e. The van der Waals surface area contributed by atoms with Gasteiger partial charge < -0.3 is 15.4 Å². The van der Waals surface area contributed by atoms with Crippen molar-refractivity contribution in [3.8, 4) is 0 Å². The Bertz CT molecular complexity index is 265. The summed E-state index contributed by atoms with van der Waals surface area (Å²) in [6.45, 7) is 8.52. The standard InChI is InChI=1S/C15H30N2O2/c1-4-7-9-16-14(18)12-17-13-8-10-19-15(5-2,6-3)11-13/h13,17H,4-12H2,1-3H3,(H,16,18). The first-order chi connectivity index (χ1) is 9.15. The maximum absolute atomic E-state index is 11.7. The third kappa shape index (κ3) is 5.49. The summed E-state index contributed by atoms with van der Waals surface area (Å²) >= 11 is 0. The summed E-state index contributed by atoms with van der Waals surface area (Å²) in [7, 11) is 0. The van der Waals surface area contributed by atoms with Gasteiger partial charge in [0.2, 0.25) is 5.91 Å². The average molecular weight is 270 g/mol. The number of nitrogens with one attached hydrogen (secondary N) is 2. The van der Waals surface area contributed by atoms with E-state index in [2.05, 4.69) is 31.4 Å². The molecule has 1 fully saturated rings. The summed E-state index contributed by atoms with van der Waals surface area (Å²) in [5.41, 5.74) is 0.0224. The van der Waals surface area contributed by atoms with Crippen LogP contribution in [-0.4, -0.2) is 37.2 Å². The Balaban J connectivity index is 2.27. The molecule has 0 aromatic heterocycles. The lowest BCUT2D eigenvalue weighted by atomic mass is 9.86. The average Bonchev–Trinajstić information content (AvgIpc) is 2.45. The molecule has 0 bridgehead atoms. The highest BCUT2D eigenvalue weighted by molar-refractivity contribution is 5.77. The van der Waals surface area contributed by atoms with Crippen LogP contribution in [0.4, 0.5) is 0 Å². The Labute approximate surface area is 117 Å². The Morgan fingerprint density at radius 3 is 2.68 bits per heavy atom. The minimum Gasteiger partial charge on any atom is -0.375 e. The molecule has 4 nitrogen and oxygen atoms in total. The van der Waals surface area contributed by atoms with Gasteiger partial charge in [0.25, 0.3) is 0 Å². The van der Waals surface area contributed by atoms with Gasteiger partial charge in [-0.2, -0.15) is 0 Å². The van der Waals surface area contributed by atoms with E-state index in [1.54, 1.807) is 0 Å². The molecule has 0 saturated carbocycles. The van der Waals surface area contributed by atoms with Crippen molar-refractivity contribution in [2.75, 3.05) is 19.7 Å². The van der Waals surface area contributed by atoms with E-state index in [1.165, 1.54) is 0 Å². The molecule has 0 spiro atoms. The molecule has 112 valence electrons. The second-order valence-corrected chi connectivity index (χ2v) is 5.51. The van der Waals surface area contributed by atoms with E-state index >= 15 is 0 Å². The van der Waals surface area contributed by atoms with Crippen LogP contribution in [0.1, 0.15) is 59.3 Å². The molecule has 1 aliphatic heterocycles. The van der Waals surface area contributed by atoms with Crippen LogP contribution < -0.4 is 10.6 Å². The van der Waals surface area contributed by atoms with Crippen LogP contribution >= 0.6 is 0 Å². The summed E-state index contributed by atoms with van der Waals surface area (Å²) in [4.78, 5) is 11.7. The van der Waals surface area contributed by atoms with Crippen LogP contribution in [-0.2, 0) is 9.53 Å². The number of unbranched alkanes of at least 4 members (excludes halogenated alkanes) is 1. The molecule has 1 aliphatic rings. The van der Waals surface area contributed by atoms with Crippen LogP contribution in [0.3, 0.4) is 0 Å². The number of amides is 1. The number of carbonyl (C=O) groups excluding carboxylic acids is 1. The van der Waals surface area contributed by atoms with E-state index in [9.17, 15) is 4.79 Å². The highest BCUT2D eigenvalue weighted by Gasteiger charge is 2.34. The van der Waals surface area contributed by atoms with Crippen molar-refractivity contribution >= 4 is 5.91 Å². The first kappa shape index (κ1) is 16.4. The summed E-state index contributed by atoms with van der Waals surface area (Å²) in [5.74, 6) is 0.110. The Kier molecular flexibility index (Phi) is 7.39. The molecule has 1 rings (SSSR count). The highest BCUT2D eigenvalue weighted by atomic mass is 16.5. The van der Waals surface area contributed by atoms with Crippen LogP contribution in [0.15, 0.2) is 0 Å². The molecule has 0 aromatic rings. The fourth-order valence-corrected chi connectivity index (χ4v) is 2.65. The zero-order valence-electron chi connectivity index (χ0n) is 12.8. The number of ether oxygens (including phenoxy) is 1. The van der Waals surface area contributed by atoms with Gasteiger partial charge in [0.1, 0.15) is 0 Å². The molecule has 1 saturated heterocycles. The van der Waals surface area contributed by atoms with Crippen molar-refractivity contribution in [3.05, 3.63) is 0 Å². The maximum atomic E-state index is 11.7. The van der Waals surface area contributed by atoms with Gasteiger partial charge in [0, 0.05) is 19.2 Å². The quantitative estimate of drug-likeness (QED) is 0.665. The van der Waals surface area contributed by atoms with E-state index in [-0.39, 0.29) is 11.5 Å². The lowest BCUT2D eigenvalue weighted by molar-refractivity contribution is -0.121. The predicted molar refractivity (Wildman–Crippen MR) is 78.2 cm³/mol. The summed E-state index contributed by atoms with van der Waals surface area (Å²) < 4.78 is 5.94. The minimum atomic E-state index is 0.0224. The molecule has 1 atom stereocenters. The topological polar surface area (TPSA) is 50.4 Å². The maximum Gasteiger partial charge on any atom is 0.233 e. The number of carbonyl (C=O) groups is 1.